The van der Waals surface area contributed by atoms with Gasteiger partial charge in [0.1, 0.15) is 9.84 Å². The molecular weight excluding hydrogens is 324 g/mol. The summed E-state index contributed by atoms with van der Waals surface area (Å²) in [5, 5.41) is -0.491. The molecule has 1 aromatic rings. The summed E-state index contributed by atoms with van der Waals surface area (Å²) in [6.07, 6.45) is 0.190. The van der Waals surface area contributed by atoms with Gasteiger partial charge in [-0.15, -0.1) is 0 Å². The third-order valence-electron chi connectivity index (χ3n) is 3.18. The lowest BCUT2D eigenvalue weighted by Crippen LogP contribution is -2.36. The highest BCUT2D eigenvalue weighted by atomic mass is 35.5. The van der Waals surface area contributed by atoms with Gasteiger partial charge in [0.2, 0.25) is 10.0 Å². The average molecular weight is 339 g/mol. The lowest BCUT2D eigenvalue weighted by Gasteiger charge is -2.23. The molecule has 0 spiro atoms. The van der Waals surface area contributed by atoms with Crippen LogP contribution in [-0.4, -0.2) is 33.6 Å². The van der Waals surface area contributed by atoms with E-state index in [1.807, 2.05) is 0 Å². The third kappa shape index (κ3) is 3.56. The molecule has 0 unspecified atom stereocenters. The Hall–Kier alpha value is -0.990. The van der Waals surface area contributed by atoms with E-state index in [4.69, 9.17) is 17.3 Å². The van der Waals surface area contributed by atoms with Crippen molar-refractivity contribution in [3.8, 4) is 0 Å². The van der Waals surface area contributed by atoms with Crippen LogP contribution in [0.5, 0.6) is 0 Å². The van der Waals surface area contributed by atoms with Crippen LogP contribution in [-0.2, 0) is 19.9 Å². The molecule has 20 heavy (non-hydrogen) atoms. The minimum atomic E-state index is -3.68. The van der Waals surface area contributed by atoms with Crippen molar-refractivity contribution >= 4 is 42.8 Å². The minimum absolute atomic E-state index is 0.0948. The van der Waals surface area contributed by atoms with Gasteiger partial charge < -0.3 is 5.73 Å². The van der Waals surface area contributed by atoms with Gasteiger partial charge >= 0.3 is 0 Å². The van der Waals surface area contributed by atoms with Crippen LogP contribution in [0.3, 0.4) is 0 Å². The molecule has 0 aliphatic carbocycles. The number of hydrogen-bond donors (Lipinski definition) is 2. The molecular formula is C11H15ClN2O4S2. The highest BCUT2D eigenvalue weighted by Gasteiger charge is 2.33. The molecule has 1 fully saturated rings. The van der Waals surface area contributed by atoms with Crippen LogP contribution in [0.25, 0.3) is 0 Å². The Labute approximate surface area is 123 Å². The van der Waals surface area contributed by atoms with E-state index in [0.29, 0.717) is 5.69 Å². The topological polar surface area (TPSA) is 106 Å². The van der Waals surface area contributed by atoms with Crippen molar-refractivity contribution in [2.75, 3.05) is 22.0 Å². The Morgan fingerprint density at radius 3 is 2.45 bits per heavy atom. The van der Waals surface area contributed by atoms with Crippen LogP contribution in [0.2, 0.25) is 5.02 Å². The zero-order valence-corrected chi connectivity index (χ0v) is 12.9. The van der Waals surface area contributed by atoms with E-state index >= 15 is 0 Å². The molecule has 1 aliphatic heterocycles. The average Bonchev–Trinajstić information content (AvgIpc) is 2.33. The number of nitrogens with one attached hydrogen (secondary N) is 1. The molecule has 3 N–H and O–H groups in total. The molecule has 0 bridgehead atoms. The second-order valence-corrected chi connectivity index (χ2v) is 9.41. The summed E-state index contributed by atoms with van der Waals surface area (Å²) in [6.45, 7) is 0. The first-order chi connectivity index (χ1) is 9.20. The molecule has 0 amide bonds. The van der Waals surface area contributed by atoms with E-state index < -0.39 is 25.1 Å². The van der Waals surface area contributed by atoms with E-state index in [2.05, 4.69) is 4.72 Å². The number of nitrogen functional groups attached to an aromatic ring is 1. The highest BCUT2D eigenvalue weighted by molar-refractivity contribution is 7.94. The molecule has 9 heteroatoms. The number of sulfone groups is 1. The molecule has 1 saturated heterocycles. The SMILES string of the molecule is Nc1ccc(Cl)c(NS(=O)(=O)C2CCS(=O)(=O)CC2)c1. The quantitative estimate of drug-likeness (QED) is 0.806. The smallest absolute Gasteiger partial charge is 0.235 e. The van der Waals surface area contributed by atoms with E-state index in [1.54, 1.807) is 6.07 Å². The van der Waals surface area contributed by atoms with E-state index in [9.17, 15) is 16.8 Å². The minimum Gasteiger partial charge on any atom is -0.399 e. The van der Waals surface area contributed by atoms with Crippen LogP contribution in [0.4, 0.5) is 11.4 Å². The molecule has 1 heterocycles. The molecule has 0 radical (unpaired) electrons. The maximum atomic E-state index is 12.2. The Morgan fingerprint density at radius 1 is 1.25 bits per heavy atom. The largest absolute Gasteiger partial charge is 0.399 e. The predicted molar refractivity (Wildman–Crippen MR) is 80.1 cm³/mol. The van der Waals surface area contributed by atoms with E-state index in [1.165, 1.54) is 12.1 Å². The van der Waals surface area contributed by atoms with Crippen LogP contribution < -0.4 is 10.5 Å². The summed E-state index contributed by atoms with van der Waals surface area (Å²) in [4.78, 5) is 0. The second kappa shape index (κ2) is 5.42. The summed E-state index contributed by atoms with van der Waals surface area (Å²) in [7, 11) is -6.78. The van der Waals surface area contributed by atoms with E-state index in [0.717, 1.165) is 0 Å². The Balaban J connectivity index is 2.18. The van der Waals surface area contributed by atoms with Crippen molar-refractivity contribution in [2.24, 2.45) is 0 Å². The maximum absolute atomic E-state index is 12.2. The Kier molecular flexibility index (Phi) is 4.17. The molecule has 2 rings (SSSR count). The van der Waals surface area contributed by atoms with Gasteiger partial charge in [0.05, 0.1) is 27.5 Å². The zero-order chi connectivity index (χ0) is 15.0. The monoisotopic (exact) mass is 338 g/mol. The van der Waals surface area contributed by atoms with Crippen molar-refractivity contribution in [3.05, 3.63) is 23.2 Å². The van der Waals surface area contributed by atoms with Gasteiger partial charge in [-0.05, 0) is 31.0 Å². The third-order valence-corrected chi connectivity index (χ3v) is 7.08. The van der Waals surface area contributed by atoms with Crippen molar-refractivity contribution in [1.82, 2.24) is 0 Å². The van der Waals surface area contributed by atoms with Gasteiger partial charge in [0, 0.05) is 5.69 Å². The van der Waals surface area contributed by atoms with Gasteiger partial charge in [-0.25, -0.2) is 16.8 Å². The number of anilines is 2. The predicted octanol–water partition coefficient (Wildman–Crippen LogP) is 1.24. The van der Waals surface area contributed by atoms with Crippen LogP contribution in [0.15, 0.2) is 18.2 Å². The standard InChI is InChI=1S/C11H15ClN2O4S2/c12-10-2-1-8(13)7-11(10)14-20(17,18)9-3-5-19(15,16)6-4-9/h1-2,7,9,14H,3-6,13H2. The lowest BCUT2D eigenvalue weighted by molar-refractivity contribution is 0.555. The van der Waals surface area contributed by atoms with Crippen molar-refractivity contribution in [2.45, 2.75) is 18.1 Å². The van der Waals surface area contributed by atoms with Crippen molar-refractivity contribution < 1.29 is 16.8 Å². The molecule has 1 aromatic carbocycles. The Bertz CT molecular complexity index is 702. The normalized spacial score (nSPS) is 19.6. The van der Waals surface area contributed by atoms with E-state index in [-0.39, 0.29) is 35.1 Å². The number of hydrogen-bond acceptors (Lipinski definition) is 5. The van der Waals surface area contributed by atoms with Crippen molar-refractivity contribution in [1.29, 1.82) is 0 Å². The molecule has 0 atom stereocenters. The number of rotatable bonds is 3. The van der Waals surface area contributed by atoms with Gasteiger partial charge in [-0.1, -0.05) is 11.6 Å². The van der Waals surface area contributed by atoms with Gasteiger partial charge in [0.25, 0.3) is 0 Å². The van der Waals surface area contributed by atoms with Crippen LogP contribution in [0.1, 0.15) is 12.8 Å². The molecule has 1 aliphatic rings. The number of nitrogens with two attached hydrogens (primary N) is 1. The number of halogens is 1. The van der Waals surface area contributed by atoms with Crippen molar-refractivity contribution in [3.63, 3.8) is 0 Å². The van der Waals surface area contributed by atoms with Gasteiger partial charge in [0.15, 0.2) is 0 Å². The fourth-order valence-corrected chi connectivity index (χ4v) is 5.55. The summed E-state index contributed by atoms with van der Waals surface area (Å²) in [6, 6.07) is 4.49. The second-order valence-electron chi connectivity index (χ2n) is 4.74. The fraction of sp³-hybridized carbons (Fsp3) is 0.455. The first-order valence-electron chi connectivity index (χ1n) is 5.97. The number of benzene rings is 1. The lowest BCUT2D eigenvalue weighted by atomic mass is 10.2. The summed E-state index contributed by atoms with van der Waals surface area (Å²) >= 11 is 5.91. The Morgan fingerprint density at radius 2 is 1.85 bits per heavy atom. The highest BCUT2D eigenvalue weighted by Crippen LogP contribution is 2.28. The van der Waals surface area contributed by atoms with Gasteiger partial charge in [-0.2, -0.15) is 0 Å². The molecule has 6 nitrogen and oxygen atoms in total. The summed E-state index contributed by atoms with van der Waals surface area (Å²) in [5.74, 6) is -0.216. The first kappa shape index (κ1) is 15.4. The summed E-state index contributed by atoms with van der Waals surface area (Å²) < 4.78 is 49.5. The van der Waals surface area contributed by atoms with Crippen LogP contribution in [0, 0.1) is 0 Å². The molecule has 0 saturated carbocycles. The zero-order valence-electron chi connectivity index (χ0n) is 10.5. The van der Waals surface area contributed by atoms with Crippen LogP contribution >= 0.6 is 11.6 Å². The maximum Gasteiger partial charge on any atom is 0.235 e. The fourth-order valence-electron chi connectivity index (χ4n) is 2.04. The first-order valence-corrected chi connectivity index (χ1v) is 9.71. The number of sulfonamides is 1. The molecule has 112 valence electrons. The summed E-state index contributed by atoms with van der Waals surface area (Å²) in [5.41, 5.74) is 6.18. The van der Waals surface area contributed by atoms with Gasteiger partial charge in [-0.3, -0.25) is 4.72 Å². The molecule has 0 aromatic heterocycles.